The van der Waals surface area contributed by atoms with Gasteiger partial charge in [-0.2, -0.15) is 23.2 Å². The van der Waals surface area contributed by atoms with Gasteiger partial charge < -0.3 is 0 Å². The molecule has 3 heterocycles. The number of fused-ring (bicyclic) bond motifs is 1. The molecule has 2 aromatic rings. The highest BCUT2D eigenvalue weighted by atomic mass is 32.1. The molecule has 0 unspecified atom stereocenters. The van der Waals surface area contributed by atoms with E-state index in [1.165, 1.54) is 17.6 Å². The number of carbonyl (C=O) groups is 1. The van der Waals surface area contributed by atoms with Gasteiger partial charge in [-0.1, -0.05) is 0 Å². The SMILES string of the molecule is O=C1N=c2cc(-c3csc(C(F)(F)F)n3)cnc2=N1. The number of carbonyl (C=O) groups excluding carboxylic acids is 1. The van der Waals surface area contributed by atoms with Gasteiger partial charge in [-0.05, 0) is 6.07 Å². The van der Waals surface area contributed by atoms with E-state index in [0.29, 0.717) is 16.9 Å². The lowest BCUT2D eigenvalue weighted by Crippen LogP contribution is -2.25. The largest absolute Gasteiger partial charge is 0.443 e. The predicted octanol–water partition coefficient (Wildman–Crippen LogP) is 1.60. The standard InChI is InChI=1S/C10H3F3N4OS/c11-10(12,13)8-15-6(3-19-8)4-1-5-7(14-2-4)17-9(18)16-5/h1-3H. The van der Waals surface area contributed by atoms with E-state index >= 15 is 0 Å². The summed E-state index contributed by atoms with van der Waals surface area (Å²) in [4.78, 5) is 25.4. The lowest BCUT2D eigenvalue weighted by Gasteiger charge is -1.99. The quantitative estimate of drug-likeness (QED) is 0.798. The molecule has 2 aromatic heterocycles. The molecule has 0 saturated carbocycles. The van der Waals surface area contributed by atoms with Gasteiger partial charge in [-0.3, -0.25) is 0 Å². The van der Waals surface area contributed by atoms with Gasteiger partial charge in [0.25, 0.3) is 0 Å². The molecule has 1 aliphatic heterocycles. The van der Waals surface area contributed by atoms with Gasteiger partial charge in [0.05, 0.1) is 5.69 Å². The van der Waals surface area contributed by atoms with Crippen LogP contribution in [0.4, 0.5) is 18.0 Å². The monoisotopic (exact) mass is 284 g/mol. The van der Waals surface area contributed by atoms with Crippen molar-refractivity contribution in [1.29, 1.82) is 0 Å². The van der Waals surface area contributed by atoms with Crippen molar-refractivity contribution in [2.75, 3.05) is 0 Å². The Kier molecular flexibility index (Phi) is 2.45. The Morgan fingerprint density at radius 2 is 2.00 bits per heavy atom. The van der Waals surface area contributed by atoms with E-state index in [1.54, 1.807) is 0 Å². The lowest BCUT2D eigenvalue weighted by atomic mass is 10.2. The number of rotatable bonds is 1. The summed E-state index contributed by atoms with van der Waals surface area (Å²) in [5, 5.41) is 0.588. The fourth-order valence-corrected chi connectivity index (χ4v) is 2.21. The number of alkyl halides is 3. The second-order valence-electron chi connectivity index (χ2n) is 3.61. The van der Waals surface area contributed by atoms with Crippen molar-refractivity contribution in [3.8, 4) is 11.3 Å². The van der Waals surface area contributed by atoms with E-state index in [4.69, 9.17) is 0 Å². The van der Waals surface area contributed by atoms with Gasteiger partial charge in [-0.15, -0.1) is 11.3 Å². The van der Waals surface area contributed by atoms with Crippen molar-refractivity contribution in [1.82, 2.24) is 9.97 Å². The van der Waals surface area contributed by atoms with Gasteiger partial charge in [0.1, 0.15) is 5.36 Å². The van der Waals surface area contributed by atoms with Crippen LogP contribution in [0, 0.1) is 0 Å². The smallest absolute Gasteiger partial charge is 0.244 e. The number of thiazole rings is 1. The minimum Gasteiger partial charge on any atom is -0.244 e. The van der Waals surface area contributed by atoms with Crippen LogP contribution >= 0.6 is 11.3 Å². The number of hydrogen-bond acceptors (Lipinski definition) is 4. The van der Waals surface area contributed by atoms with E-state index < -0.39 is 17.2 Å². The Morgan fingerprint density at radius 3 is 2.68 bits per heavy atom. The third-order valence-electron chi connectivity index (χ3n) is 2.31. The second kappa shape index (κ2) is 3.92. The Labute approximate surface area is 107 Å². The fourth-order valence-electron chi connectivity index (χ4n) is 1.51. The average Bonchev–Trinajstić information content (AvgIpc) is 2.90. The summed E-state index contributed by atoms with van der Waals surface area (Å²) in [5.41, 5.74) is 0.668. The van der Waals surface area contributed by atoms with Crippen LogP contribution in [-0.4, -0.2) is 16.0 Å². The number of hydrogen-bond donors (Lipinski definition) is 0. The minimum absolute atomic E-state index is 0.141. The number of nitrogens with zero attached hydrogens (tertiary/aromatic N) is 4. The summed E-state index contributed by atoms with van der Waals surface area (Å²) >= 11 is 0.500. The molecule has 0 N–H and O–H groups in total. The Balaban J connectivity index is 2.08. The van der Waals surface area contributed by atoms with Crippen molar-refractivity contribution < 1.29 is 18.0 Å². The maximum absolute atomic E-state index is 12.4. The van der Waals surface area contributed by atoms with E-state index in [0.717, 1.165) is 0 Å². The van der Waals surface area contributed by atoms with Crippen molar-refractivity contribution in [2.45, 2.75) is 6.18 Å². The molecule has 0 saturated heterocycles. The molecule has 0 aromatic carbocycles. The van der Waals surface area contributed by atoms with Crippen LogP contribution in [0.15, 0.2) is 27.6 Å². The van der Waals surface area contributed by atoms with Crippen molar-refractivity contribution >= 4 is 17.4 Å². The highest BCUT2D eigenvalue weighted by Crippen LogP contribution is 2.33. The second-order valence-corrected chi connectivity index (χ2v) is 4.47. The van der Waals surface area contributed by atoms with E-state index in [1.807, 2.05) is 0 Å². The first-order valence-electron chi connectivity index (χ1n) is 4.94. The molecular weight excluding hydrogens is 281 g/mol. The molecule has 19 heavy (non-hydrogen) atoms. The lowest BCUT2D eigenvalue weighted by molar-refractivity contribution is -0.137. The summed E-state index contributed by atoms with van der Waals surface area (Å²) in [6.45, 7) is 0. The van der Waals surface area contributed by atoms with Gasteiger partial charge in [0.15, 0.2) is 10.5 Å². The maximum Gasteiger partial charge on any atom is 0.443 e. The number of amides is 2. The summed E-state index contributed by atoms with van der Waals surface area (Å²) in [7, 11) is 0. The Hall–Kier alpha value is -2.16. The van der Waals surface area contributed by atoms with Gasteiger partial charge in [0.2, 0.25) is 0 Å². The van der Waals surface area contributed by atoms with Crippen molar-refractivity contribution in [3.63, 3.8) is 0 Å². The van der Waals surface area contributed by atoms with E-state index in [2.05, 4.69) is 20.0 Å². The normalized spacial score (nSPS) is 13.9. The maximum atomic E-state index is 12.4. The molecule has 0 aliphatic carbocycles. The molecule has 0 bridgehead atoms. The summed E-state index contributed by atoms with van der Waals surface area (Å²) < 4.78 is 37.3. The van der Waals surface area contributed by atoms with Crippen LogP contribution in [0.3, 0.4) is 0 Å². The third kappa shape index (κ3) is 2.12. The zero-order valence-electron chi connectivity index (χ0n) is 8.97. The molecule has 5 nitrogen and oxygen atoms in total. The molecule has 0 fully saturated rings. The Morgan fingerprint density at radius 1 is 1.21 bits per heavy atom. The molecule has 0 spiro atoms. The molecular formula is C10H3F3N4OS. The van der Waals surface area contributed by atoms with E-state index in [9.17, 15) is 18.0 Å². The molecule has 3 rings (SSSR count). The molecule has 0 atom stereocenters. The summed E-state index contributed by atoms with van der Waals surface area (Å²) in [6, 6.07) is 0.764. The third-order valence-corrected chi connectivity index (χ3v) is 3.19. The summed E-state index contributed by atoms with van der Waals surface area (Å²) in [5.74, 6) is 0. The predicted molar refractivity (Wildman–Crippen MR) is 58.1 cm³/mol. The van der Waals surface area contributed by atoms with Crippen LogP contribution in [0.25, 0.3) is 11.3 Å². The van der Waals surface area contributed by atoms with Gasteiger partial charge in [0, 0.05) is 17.1 Å². The van der Waals surface area contributed by atoms with Crippen molar-refractivity contribution in [2.24, 2.45) is 9.98 Å². The van der Waals surface area contributed by atoms with Crippen LogP contribution in [0.2, 0.25) is 0 Å². The number of aromatic nitrogens is 2. The first-order chi connectivity index (χ1) is 8.93. The zero-order chi connectivity index (χ0) is 13.6. The van der Waals surface area contributed by atoms with Crippen LogP contribution in [-0.2, 0) is 6.18 Å². The average molecular weight is 284 g/mol. The molecule has 2 amide bonds. The van der Waals surface area contributed by atoms with Gasteiger partial charge in [-0.25, -0.2) is 14.8 Å². The minimum atomic E-state index is -4.47. The number of pyridine rings is 1. The first-order valence-corrected chi connectivity index (χ1v) is 5.82. The summed E-state index contributed by atoms with van der Waals surface area (Å²) in [6.07, 6.45) is -3.16. The fraction of sp³-hybridized carbons (Fsp3) is 0.100. The number of urea groups is 1. The topological polar surface area (TPSA) is 67.6 Å². The first kappa shape index (κ1) is 11.9. The molecule has 96 valence electrons. The number of halogens is 3. The molecule has 1 aliphatic rings. The molecule has 9 heteroatoms. The zero-order valence-corrected chi connectivity index (χ0v) is 9.79. The van der Waals surface area contributed by atoms with Crippen LogP contribution in [0.5, 0.6) is 0 Å². The van der Waals surface area contributed by atoms with Crippen LogP contribution < -0.4 is 10.8 Å². The molecule has 0 radical (unpaired) electrons. The highest BCUT2D eigenvalue weighted by Gasteiger charge is 2.34. The van der Waals surface area contributed by atoms with Crippen molar-refractivity contribution in [3.05, 3.63) is 33.5 Å². The van der Waals surface area contributed by atoms with E-state index in [-0.39, 0.29) is 16.5 Å². The Bertz CT molecular complexity index is 796. The van der Waals surface area contributed by atoms with Crippen LogP contribution in [0.1, 0.15) is 5.01 Å². The highest BCUT2D eigenvalue weighted by molar-refractivity contribution is 7.10. The van der Waals surface area contributed by atoms with Gasteiger partial charge >= 0.3 is 12.2 Å².